The van der Waals surface area contributed by atoms with E-state index in [1.807, 2.05) is 23.1 Å². The molecule has 9 nitrogen and oxygen atoms in total. The number of carboxylic acid groups (broad SMARTS) is 1. The molecule has 0 radical (unpaired) electrons. The van der Waals surface area contributed by atoms with Crippen LogP contribution in [0.15, 0.2) is 30.7 Å². The zero-order valence-electron chi connectivity index (χ0n) is 12.6. The molecule has 0 aliphatic carbocycles. The first-order chi connectivity index (χ1) is 11.6. The summed E-state index contributed by atoms with van der Waals surface area (Å²) in [7, 11) is 0. The van der Waals surface area contributed by atoms with Gasteiger partial charge in [0.05, 0.1) is 12.2 Å². The summed E-state index contributed by atoms with van der Waals surface area (Å²) >= 11 is 0. The van der Waals surface area contributed by atoms with Gasteiger partial charge in [0.15, 0.2) is 11.5 Å². The van der Waals surface area contributed by atoms with Crippen molar-refractivity contribution in [2.75, 3.05) is 23.7 Å². The van der Waals surface area contributed by atoms with Gasteiger partial charge in [-0.05, 0) is 12.1 Å². The smallest absolute Gasteiger partial charge is 0.309 e. The third-order valence-electron chi connectivity index (χ3n) is 4.29. The predicted molar refractivity (Wildman–Crippen MR) is 86.4 cm³/mol. The number of nitrogens with zero attached hydrogens (tertiary/aromatic N) is 5. The van der Waals surface area contributed by atoms with Gasteiger partial charge >= 0.3 is 5.97 Å². The number of rotatable bonds is 3. The monoisotopic (exact) mass is 325 g/mol. The van der Waals surface area contributed by atoms with Crippen LogP contribution in [-0.2, 0) is 4.79 Å². The van der Waals surface area contributed by atoms with E-state index in [-0.39, 0.29) is 11.9 Å². The van der Waals surface area contributed by atoms with Crippen molar-refractivity contribution in [3.63, 3.8) is 0 Å². The topological polar surface area (TPSA) is 134 Å². The van der Waals surface area contributed by atoms with Crippen LogP contribution in [0.1, 0.15) is 11.6 Å². The molecule has 0 amide bonds. The van der Waals surface area contributed by atoms with Gasteiger partial charge in [0.1, 0.15) is 5.52 Å². The summed E-state index contributed by atoms with van der Waals surface area (Å²) in [4.78, 5) is 33.4. The molecule has 0 aromatic carbocycles. The lowest BCUT2D eigenvalue weighted by atomic mass is 9.93. The number of anilines is 2. The molecule has 3 aromatic rings. The molecule has 3 aromatic heterocycles. The van der Waals surface area contributed by atoms with Gasteiger partial charge in [-0.3, -0.25) is 9.78 Å². The Bertz CT molecular complexity index is 895. The van der Waals surface area contributed by atoms with Crippen molar-refractivity contribution >= 4 is 28.9 Å². The minimum absolute atomic E-state index is 0.109. The molecule has 4 heterocycles. The van der Waals surface area contributed by atoms with E-state index in [1.54, 1.807) is 6.20 Å². The van der Waals surface area contributed by atoms with Gasteiger partial charge in [-0.1, -0.05) is 6.07 Å². The maximum absolute atomic E-state index is 11.7. The van der Waals surface area contributed by atoms with E-state index in [0.717, 1.165) is 5.69 Å². The number of hydrogen-bond donors (Lipinski definition) is 3. The van der Waals surface area contributed by atoms with Gasteiger partial charge in [0, 0.05) is 30.9 Å². The molecule has 1 fully saturated rings. The summed E-state index contributed by atoms with van der Waals surface area (Å²) < 4.78 is 0. The predicted octanol–water partition coefficient (Wildman–Crippen LogP) is 0.635. The number of aliphatic carboxylic acids is 1. The van der Waals surface area contributed by atoms with Gasteiger partial charge in [-0.25, -0.2) is 4.98 Å². The number of aromatic nitrogens is 5. The number of fused-ring (bicyclic) bond motifs is 1. The molecule has 0 spiro atoms. The molecule has 0 saturated carbocycles. The second-order valence-electron chi connectivity index (χ2n) is 5.72. The fraction of sp³-hybridized carbons (Fsp3) is 0.267. The Labute approximate surface area is 136 Å². The van der Waals surface area contributed by atoms with Crippen molar-refractivity contribution in [1.29, 1.82) is 0 Å². The second kappa shape index (κ2) is 5.44. The highest BCUT2D eigenvalue weighted by Crippen LogP contribution is 2.35. The number of nitrogen functional groups attached to an aromatic ring is 1. The number of nitrogens with one attached hydrogen (secondary N) is 1. The first-order valence-electron chi connectivity index (χ1n) is 7.49. The minimum atomic E-state index is -0.851. The summed E-state index contributed by atoms with van der Waals surface area (Å²) in [5.74, 6) is -0.972. The van der Waals surface area contributed by atoms with Gasteiger partial charge in [0.2, 0.25) is 5.95 Å². The van der Waals surface area contributed by atoms with Crippen molar-refractivity contribution < 1.29 is 9.90 Å². The van der Waals surface area contributed by atoms with E-state index in [2.05, 4.69) is 24.9 Å². The van der Waals surface area contributed by atoms with Crippen LogP contribution in [0.4, 0.5) is 11.8 Å². The summed E-state index contributed by atoms with van der Waals surface area (Å²) in [6.45, 7) is 0.805. The third-order valence-corrected chi connectivity index (χ3v) is 4.29. The molecule has 1 aliphatic rings. The molecule has 24 heavy (non-hydrogen) atoms. The lowest BCUT2D eigenvalue weighted by Gasteiger charge is -2.17. The Hall–Kier alpha value is -3.23. The van der Waals surface area contributed by atoms with E-state index in [0.29, 0.717) is 30.1 Å². The largest absolute Gasteiger partial charge is 0.481 e. The van der Waals surface area contributed by atoms with Crippen LogP contribution in [0.2, 0.25) is 0 Å². The number of imidazole rings is 1. The molecule has 0 bridgehead atoms. The van der Waals surface area contributed by atoms with Crippen LogP contribution >= 0.6 is 0 Å². The lowest BCUT2D eigenvalue weighted by molar-refractivity contribution is -0.141. The van der Waals surface area contributed by atoms with Gasteiger partial charge in [-0.15, -0.1) is 0 Å². The van der Waals surface area contributed by atoms with Crippen molar-refractivity contribution in [3.8, 4) is 0 Å². The maximum Gasteiger partial charge on any atom is 0.309 e. The van der Waals surface area contributed by atoms with Crippen LogP contribution in [0, 0.1) is 5.92 Å². The number of nitrogens with two attached hydrogens (primary N) is 1. The van der Waals surface area contributed by atoms with Crippen LogP contribution < -0.4 is 10.6 Å². The molecule has 4 N–H and O–H groups in total. The number of carboxylic acids is 1. The molecule has 2 atom stereocenters. The molecule has 9 heteroatoms. The van der Waals surface area contributed by atoms with Crippen LogP contribution in [0.5, 0.6) is 0 Å². The molecule has 1 saturated heterocycles. The number of aromatic amines is 1. The number of H-pyrrole nitrogens is 1. The van der Waals surface area contributed by atoms with Crippen LogP contribution in [-0.4, -0.2) is 49.1 Å². The maximum atomic E-state index is 11.7. The molecule has 1 aliphatic heterocycles. The highest BCUT2D eigenvalue weighted by atomic mass is 16.4. The average molecular weight is 325 g/mol. The van der Waals surface area contributed by atoms with E-state index < -0.39 is 11.9 Å². The minimum Gasteiger partial charge on any atom is -0.481 e. The van der Waals surface area contributed by atoms with Gasteiger partial charge in [0.25, 0.3) is 0 Å². The number of hydrogen-bond acceptors (Lipinski definition) is 7. The molecule has 0 unspecified atom stereocenters. The van der Waals surface area contributed by atoms with Crippen molar-refractivity contribution in [3.05, 3.63) is 36.4 Å². The zero-order chi connectivity index (χ0) is 16.7. The van der Waals surface area contributed by atoms with Gasteiger partial charge < -0.3 is 20.7 Å². The third kappa shape index (κ3) is 2.30. The fourth-order valence-electron chi connectivity index (χ4n) is 3.19. The Balaban J connectivity index is 1.75. The SMILES string of the molecule is Nc1nc(N2C[C@@H](C(=O)O)[C@H](c3ccccn3)C2)c2[nH]cnc2n1. The lowest BCUT2D eigenvalue weighted by Crippen LogP contribution is -2.24. The summed E-state index contributed by atoms with van der Waals surface area (Å²) in [5.41, 5.74) is 7.63. The number of pyridine rings is 1. The summed E-state index contributed by atoms with van der Waals surface area (Å²) in [6, 6.07) is 5.52. The highest BCUT2D eigenvalue weighted by molar-refractivity contribution is 5.85. The average Bonchev–Trinajstić information content (AvgIpc) is 3.21. The molecular formula is C15H15N7O2. The van der Waals surface area contributed by atoms with Crippen molar-refractivity contribution in [2.45, 2.75) is 5.92 Å². The Morgan fingerprint density at radius 1 is 1.29 bits per heavy atom. The van der Waals surface area contributed by atoms with E-state index in [1.165, 1.54) is 6.33 Å². The normalized spacial score (nSPS) is 20.6. The Morgan fingerprint density at radius 3 is 2.92 bits per heavy atom. The Kier molecular flexibility index (Phi) is 3.26. The highest BCUT2D eigenvalue weighted by Gasteiger charge is 2.40. The fourth-order valence-corrected chi connectivity index (χ4v) is 3.19. The van der Waals surface area contributed by atoms with Crippen LogP contribution in [0.3, 0.4) is 0 Å². The standard InChI is InChI=1S/C15H15N7O2/c16-15-20-12-11(18-7-19-12)13(21-15)22-5-8(9(6-22)14(23)24)10-3-1-2-4-17-10/h1-4,7-9H,5-6H2,(H,23,24)(H3,16,18,19,20,21)/t8-,9-/m1/s1. The van der Waals surface area contributed by atoms with Crippen molar-refractivity contribution in [1.82, 2.24) is 24.9 Å². The van der Waals surface area contributed by atoms with Crippen LogP contribution in [0.25, 0.3) is 11.2 Å². The van der Waals surface area contributed by atoms with Gasteiger partial charge in [-0.2, -0.15) is 9.97 Å². The summed E-state index contributed by atoms with van der Waals surface area (Å²) in [5, 5.41) is 9.61. The van der Waals surface area contributed by atoms with Crippen molar-refractivity contribution in [2.24, 2.45) is 5.92 Å². The second-order valence-corrected chi connectivity index (χ2v) is 5.72. The first-order valence-corrected chi connectivity index (χ1v) is 7.49. The Morgan fingerprint density at radius 2 is 2.17 bits per heavy atom. The molecule has 122 valence electrons. The van der Waals surface area contributed by atoms with E-state index in [4.69, 9.17) is 5.73 Å². The molecule has 4 rings (SSSR count). The molecular weight excluding hydrogens is 310 g/mol. The first kappa shape index (κ1) is 14.4. The number of carbonyl (C=O) groups is 1. The quantitative estimate of drug-likeness (QED) is 0.638. The summed E-state index contributed by atoms with van der Waals surface area (Å²) in [6.07, 6.45) is 3.19. The van der Waals surface area contributed by atoms with E-state index in [9.17, 15) is 9.90 Å². The zero-order valence-corrected chi connectivity index (χ0v) is 12.6. The van der Waals surface area contributed by atoms with E-state index >= 15 is 0 Å².